The molecule has 0 aliphatic carbocycles. The number of carbonyl (C=O) groups excluding carboxylic acids is 1. The molecule has 0 radical (unpaired) electrons. The Morgan fingerprint density at radius 1 is 1.48 bits per heavy atom. The molecular formula is C14H16N6O2S. The molecule has 1 N–H and O–H groups in total. The van der Waals surface area contributed by atoms with E-state index >= 15 is 0 Å². The van der Waals surface area contributed by atoms with E-state index in [1.165, 1.54) is 33.5 Å². The molecule has 0 saturated heterocycles. The lowest BCUT2D eigenvalue weighted by molar-refractivity contribution is -0.128. The number of rotatable bonds is 6. The maximum absolute atomic E-state index is 12.3. The number of amides is 1. The Hall–Kier alpha value is -2.60. The summed E-state index contributed by atoms with van der Waals surface area (Å²) in [7, 11) is 1.67. The highest BCUT2D eigenvalue weighted by Crippen LogP contribution is 2.24. The second kappa shape index (κ2) is 7.60. The van der Waals surface area contributed by atoms with Crippen LogP contribution in [0.3, 0.4) is 0 Å². The molecule has 2 rings (SSSR count). The fraction of sp³-hybridized carbons (Fsp3) is 0.357. The summed E-state index contributed by atoms with van der Waals surface area (Å²) >= 11 is 1.24. The standard InChI is InChI=1S/C14H16N6O2S/c1-10(13(22)19(2)9-3-8-15)23-14-16-17-18-20(14)11-4-6-12(21)7-5-11/h4-7,10,21H,3,9H2,1-2H3/t10-/m1/s1. The summed E-state index contributed by atoms with van der Waals surface area (Å²) < 4.78 is 1.50. The van der Waals surface area contributed by atoms with E-state index in [1.807, 2.05) is 6.07 Å². The Balaban J connectivity index is 2.09. The van der Waals surface area contributed by atoms with E-state index < -0.39 is 0 Å². The van der Waals surface area contributed by atoms with Crippen LogP contribution in [0, 0.1) is 11.3 Å². The topological polar surface area (TPSA) is 108 Å². The first-order valence-corrected chi connectivity index (χ1v) is 7.77. The van der Waals surface area contributed by atoms with Crippen LogP contribution in [0.4, 0.5) is 0 Å². The summed E-state index contributed by atoms with van der Waals surface area (Å²) in [5.41, 5.74) is 0.688. The van der Waals surface area contributed by atoms with E-state index in [2.05, 4.69) is 15.5 Å². The molecule has 0 aliphatic heterocycles. The highest BCUT2D eigenvalue weighted by molar-refractivity contribution is 8.00. The molecule has 9 heteroatoms. The Kier molecular flexibility index (Phi) is 5.54. The summed E-state index contributed by atoms with van der Waals surface area (Å²) in [5, 5.41) is 29.5. The fourth-order valence-electron chi connectivity index (χ4n) is 1.86. The van der Waals surface area contributed by atoms with Gasteiger partial charge in [-0.1, -0.05) is 11.8 Å². The van der Waals surface area contributed by atoms with Gasteiger partial charge < -0.3 is 10.0 Å². The Morgan fingerprint density at radius 3 is 2.83 bits per heavy atom. The van der Waals surface area contributed by atoms with Crippen LogP contribution in [0.25, 0.3) is 5.69 Å². The Labute approximate surface area is 137 Å². The van der Waals surface area contributed by atoms with Crippen molar-refractivity contribution in [3.8, 4) is 17.5 Å². The number of phenols is 1. The van der Waals surface area contributed by atoms with Crippen LogP contribution in [-0.2, 0) is 4.79 Å². The van der Waals surface area contributed by atoms with Crippen LogP contribution in [0.15, 0.2) is 29.4 Å². The van der Waals surface area contributed by atoms with Gasteiger partial charge in [-0.05, 0) is 41.6 Å². The van der Waals surface area contributed by atoms with Gasteiger partial charge in [0.15, 0.2) is 0 Å². The van der Waals surface area contributed by atoms with Gasteiger partial charge in [-0.3, -0.25) is 4.79 Å². The molecule has 0 spiro atoms. The third-order valence-electron chi connectivity index (χ3n) is 3.10. The molecule has 1 atom stereocenters. The normalized spacial score (nSPS) is 11.7. The predicted molar refractivity (Wildman–Crippen MR) is 84.0 cm³/mol. The van der Waals surface area contributed by atoms with Crippen molar-refractivity contribution in [1.82, 2.24) is 25.1 Å². The number of aromatic nitrogens is 4. The van der Waals surface area contributed by atoms with Crippen LogP contribution >= 0.6 is 11.8 Å². The van der Waals surface area contributed by atoms with Crippen LogP contribution in [0.2, 0.25) is 0 Å². The molecule has 120 valence electrons. The van der Waals surface area contributed by atoms with E-state index in [-0.39, 0.29) is 16.9 Å². The zero-order valence-corrected chi connectivity index (χ0v) is 13.6. The number of benzene rings is 1. The van der Waals surface area contributed by atoms with Crippen molar-refractivity contribution in [2.45, 2.75) is 23.8 Å². The molecule has 1 amide bonds. The molecule has 8 nitrogen and oxygen atoms in total. The van der Waals surface area contributed by atoms with E-state index in [1.54, 1.807) is 26.1 Å². The van der Waals surface area contributed by atoms with Gasteiger partial charge in [-0.2, -0.15) is 9.94 Å². The lowest BCUT2D eigenvalue weighted by atomic mass is 10.3. The average Bonchev–Trinajstić information content (AvgIpc) is 3.00. The smallest absolute Gasteiger partial charge is 0.235 e. The number of phenolic OH excluding ortho intramolecular Hbond substituents is 1. The molecule has 0 unspecified atom stereocenters. The quantitative estimate of drug-likeness (QED) is 0.792. The molecular weight excluding hydrogens is 316 g/mol. The second-order valence-electron chi connectivity index (χ2n) is 4.82. The van der Waals surface area contributed by atoms with Crippen molar-refractivity contribution in [3.05, 3.63) is 24.3 Å². The van der Waals surface area contributed by atoms with E-state index in [0.29, 0.717) is 23.8 Å². The number of nitrogens with zero attached hydrogens (tertiary/aromatic N) is 6. The monoisotopic (exact) mass is 332 g/mol. The summed E-state index contributed by atoms with van der Waals surface area (Å²) in [5.74, 6) is 0.0594. The fourth-order valence-corrected chi connectivity index (χ4v) is 2.78. The maximum Gasteiger partial charge on any atom is 0.235 e. The first-order valence-electron chi connectivity index (χ1n) is 6.89. The summed E-state index contributed by atoms with van der Waals surface area (Å²) in [6.07, 6.45) is 0.297. The summed E-state index contributed by atoms with van der Waals surface area (Å²) in [6.45, 7) is 2.16. The van der Waals surface area contributed by atoms with Gasteiger partial charge in [-0.25, -0.2) is 0 Å². The predicted octanol–water partition coefficient (Wildman–Crippen LogP) is 1.22. The molecule has 0 saturated carbocycles. The van der Waals surface area contributed by atoms with Crippen molar-refractivity contribution >= 4 is 17.7 Å². The number of aromatic hydroxyl groups is 1. The molecule has 23 heavy (non-hydrogen) atoms. The third kappa shape index (κ3) is 4.20. The number of tetrazole rings is 1. The molecule has 0 fully saturated rings. The van der Waals surface area contributed by atoms with Gasteiger partial charge in [0.05, 0.1) is 23.4 Å². The highest BCUT2D eigenvalue weighted by atomic mass is 32.2. The number of thioether (sulfide) groups is 1. The van der Waals surface area contributed by atoms with Gasteiger partial charge in [0.1, 0.15) is 5.75 Å². The van der Waals surface area contributed by atoms with Gasteiger partial charge in [0.25, 0.3) is 0 Å². The Bertz CT molecular complexity index is 709. The zero-order chi connectivity index (χ0) is 16.8. The van der Waals surface area contributed by atoms with E-state index in [0.717, 1.165) is 0 Å². The lowest BCUT2D eigenvalue weighted by Crippen LogP contribution is -2.34. The van der Waals surface area contributed by atoms with Crippen LogP contribution in [-0.4, -0.2) is 55.0 Å². The van der Waals surface area contributed by atoms with Gasteiger partial charge in [0, 0.05) is 13.6 Å². The SMILES string of the molecule is C[C@@H](Sc1nnnn1-c1ccc(O)cc1)C(=O)N(C)CCC#N. The molecule has 0 bridgehead atoms. The minimum absolute atomic E-state index is 0.0921. The molecule has 1 aromatic heterocycles. The molecule has 0 aliphatic rings. The second-order valence-corrected chi connectivity index (χ2v) is 6.13. The third-order valence-corrected chi connectivity index (χ3v) is 4.12. The first kappa shape index (κ1) is 16.8. The van der Waals surface area contributed by atoms with Crippen LogP contribution < -0.4 is 0 Å². The highest BCUT2D eigenvalue weighted by Gasteiger charge is 2.21. The summed E-state index contributed by atoms with van der Waals surface area (Å²) in [6, 6.07) is 8.45. The van der Waals surface area contributed by atoms with Crippen LogP contribution in [0.1, 0.15) is 13.3 Å². The summed E-state index contributed by atoms with van der Waals surface area (Å²) in [4.78, 5) is 13.8. The number of hydrogen-bond acceptors (Lipinski definition) is 7. The first-order chi connectivity index (χ1) is 11.0. The van der Waals surface area contributed by atoms with Gasteiger partial charge in [0.2, 0.25) is 11.1 Å². The number of hydrogen-bond donors (Lipinski definition) is 1. The molecule has 2 aromatic rings. The van der Waals surface area contributed by atoms with E-state index in [9.17, 15) is 9.90 Å². The van der Waals surface area contributed by atoms with Crippen molar-refractivity contribution < 1.29 is 9.90 Å². The average molecular weight is 332 g/mol. The number of carbonyl (C=O) groups is 1. The minimum atomic E-state index is -0.388. The van der Waals surface area contributed by atoms with Gasteiger partial charge in [-0.15, -0.1) is 5.10 Å². The van der Waals surface area contributed by atoms with Crippen molar-refractivity contribution in [1.29, 1.82) is 5.26 Å². The molecule has 1 aromatic carbocycles. The van der Waals surface area contributed by atoms with Crippen LogP contribution in [0.5, 0.6) is 5.75 Å². The minimum Gasteiger partial charge on any atom is -0.508 e. The Morgan fingerprint density at radius 2 is 2.17 bits per heavy atom. The van der Waals surface area contributed by atoms with Crippen molar-refractivity contribution in [2.75, 3.05) is 13.6 Å². The van der Waals surface area contributed by atoms with Crippen molar-refractivity contribution in [2.24, 2.45) is 0 Å². The zero-order valence-electron chi connectivity index (χ0n) is 12.7. The molecule has 1 heterocycles. The number of nitriles is 1. The van der Waals surface area contributed by atoms with Crippen molar-refractivity contribution in [3.63, 3.8) is 0 Å². The lowest BCUT2D eigenvalue weighted by Gasteiger charge is -2.19. The maximum atomic E-state index is 12.3. The van der Waals surface area contributed by atoms with E-state index in [4.69, 9.17) is 5.26 Å². The largest absolute Gasteiger partial charge is 0.508 e. The van der Waals surface area contributed by atoms with Gasteiger partial charge >= 0.3 is 0 Å².